The van der Waals surface area contributed by atoms with Crippen LogP contribution in [-0.2, 0) is 6.42 Å². The summed E-state index contributed by atoms with van der Waals surface area (Å²) in [6.45, 7) is 8.01. The fourth-order valence-electron chi connectivity index (χ4n) is 1.94. The first-order chi connectivity index (χ1) is 10.0. The average molecular weight is 304 g/mol. The van der Waals surface area contributed by atoms with Crippen molar-refractivity contribution < 1.29 is 4.79 Å². The number of aryl methyl sites for hydroxylation is 1. The van der Waals surface area contributed by atoms with Gasteiger partial charge in [0.2, 0.25) is 5.16 Å². The molecule has 0 fully saturated rings. The van der Waals surface area contributed by atoms with Gasteiger partial charge < -0.3 is 0 Å². The molecule has 5 nitrogen and oxygen atoms in total. The predicted molar refractivity (Wildman–Crippen MR) is 83.7 cm³/mol. The third-order valence-corrected chi connectivity index (χ3v) is 4.30. The average Bonchev–Trinajstić information content (AvgIpc) is 2.95. The molecule has 1 aromatic carbocycles. The highest BCUT2D eigenvalue weighted by atomic mass is 32.2. The number of tetrazole rings is 1. The molecule has 6 heteroatoms. The van der Waals surface area contributed by atoms with Crippen molar-refractivity contribution in [2.24, 2.45) is 0 Å². The molecule has 0 amide bonds. The van der Waals surface area contributed by atoms with Crippen LogP contribution in [0.15, 0.2) is 29.4 Å². The van der Waals surface area contributed by atoms with Gasteiger partial charge in [0.05, 0.1) is 11.3 Å². The normalized spacial score (nSPS) is 12.6. The van der Waals surface area contributed by atoms with E-state index in [1.165, 1.54) is 17.3 Å². The number of thioether (sulfide) groups is 1. The van der Waals surface area contributed by atoms with E-state index in [2.05, 4.69) is 22.4 Å². The zero-order valence-corrected chi connectivity index (χ0v) is 13.6. The lowest BCUT2D eigenvalue weighted by Gasteiger charge is -2.12. The van der Waals surface area contributed by atoms with Gasteiger partial charge in [-0.05, 0) is 43.2 Å². The van der Waals surface area contributed by atoms with Crippen LogP contribution in [0, 0.1) is 0 Å². The summed E-state index contributed by atoms with van der Waals surface area (Å²) in [5.41, 5.74) is 1.96. The maximum Gasteiger partial charge on any atom is 0.210 e. The summed E-state index contributed by atoms with van der Waals surface area (Å²) in [4.78, 5) is 12.5. The second-order valence-corrected chi connectivity index (χ2v) is 6.48. The van der Waals surface area contributed by atoms with E-state index in [0.717, 1.165) is 12.0 Å². The maximum atomic E-state index is 12.5. The topological polar surface area (TPSA) is 60.7 Å². The molecule has 2 rings (SSSR count). The Balaban J connectivity index is 2.10. The van der Waals surface area contributed by atoms with Crippen molar-refractivity contribution in [1.29, 1.82) is 0 Å². The summed E-state index contributed by atoms with van der Waals surface area (Å²) in [6, 6.07) is 7.97. The van der Waals surface area contributed by atoms with E-state index in [1.807, 2.05) is 45.0 Å². The molecule has 1 atom stereocenters. The molecular formula is C15H20N4OS. The van der Waals surface area contributed by atoms with Crippen LogP contribution in [-0.4, -0.2) is 31.2 Å². The third-order valence-electron chi connectivity index (χ3n) is 3.25. The van der Waals surface area contributed by atoms with E-state index in [4.69, 9.17) is 0 Å². The smallest absolute Gasteiger partial charge is 0.210 e. The lowest BCUT2D eigenvalue weighted by molar-refractivity contribution is 0.0994. The maximum absolute atomic E-state index is 12.5. The molecule has 0 aliphatic heterocycles. The monoisotopic (exact) mass is 304 g/mol. The summed E-state index contributed by atoms with van der Waals surface area (Å²) in [6.07, 6.45) is 0.974. The number of carbonyl (C=O) groups excluding carboxylic acids is 1. The molecule has 0 saturated carbocycles. The van der Waals surface area contributed by atoms with Crippen molar-refractivity contribution in [2.45, 2.75) is 50.6 Å². The molecule has 0 spiro atoms. The van der Waals surface area contributed by atoms with Crippen molar-refractivity contribution in [1.82, 2.24) is 20.2 Å². The molecule has 0 aliphatic carbocycles. The van der Waals surface area contributed by atoms with E-state index in [9.17, 15) is 4.79 Å². The van der Waals surface area contributed by atoms with Crippen molar-refractivity contribution >= 4 is 17.5 Å². The molecule has 2 aromatic rings. The van der Waals surface area contributed by atoms with Gasteiger partial charge in [0.25, 0.3) is 0 Å². The van der Waals surface area contributed by atoms with Crippen molar-refractivity contribution in [2.75, 3.05) is 0 Å². The Morgan fingerprint density at radius 2 is 1.90 bits per heavy atom. The minimum absolute atomic E-state index is 0.0981. The van der Waals surface area contributed by atoms with Gasteiger partial charge in [-0.25, -0.2) is 4.68 Å². The molecule has 0 bridgehead atoms. The quantitative estimate of drug-likeness (QED) is 0.606. The fraction of sp³-hybridized carbons (Fsp3) is 0.467. The lowest BCUT2D eigenvalue weighted by Crippen LogP contribution is -2.15. The number of hydrogen-bond acceptors (Lipinski definition) is 5. The molecule has 1 heterocycles. The molecular weight excluding hydrogens is 284 g/mol. The highest BCUT2D eigenvalue weighted by Gasteiger charge is 2.20. The van der Waals surface area contributed by atoms with Gasteiger partial charge in [-0.3, -0.25) is 4.79 Å². The minimum Gasteiger partial charge on any atom is -0.293 e. The van der Waals surface area contributed by atoms with Crippen molar-refractivity contribution in [3.05, 3.63) is 35.4 Å². The summed E-state index contributed by atoms with van der Waals surface area (Å²) in [7, 11) is 0. The SMILES string of the molecule is CCc1ccc(C(=O)C(C)Sc2nnnn2C(C)C)cc1. The fourth-order valence-corrected chi connectivity index (χ4v) is 2.94. The molecule has 0 aliphatic rings. The van der Waals surface area contributed by atoms with Crippen LogP contribution in [0.3, 0.4) is 0 Å². The highest BCUT2D eigenvalue weighted by molar-refractivity contribution is 8.00. The molecule has 21 heavy (non-hydrogen) atoms. The van der Waals surface area contributed by atoms with Crippen molar-refractivity contribution in [3.8, 4) is 0 Å². The van der Waals surface area contributed by atoms with Crippen molar-refractivity contribution in [3.63, 3.8) is 0 Å². The molecule has 112 valence electrons. The summed E-state index contributed by atoms with van der Waals surface area (Å²) in [5, 5.41) is 12.1. The molecule has 0 radical (unpaired) electrons. The summed E-state index contributed by atoms with van der Waals surface area (Å²) in [5.74, 6) is 0.0981. The van der Waals surface area contributed by atoms with E-state index >= 15 is 0 Å². The Hall–Kier alpha value is -1.69. The Labute approximate surface area is 129 Å². The van der Waals surface area contributed by atoms with Crippen LogP contribution < -0.4 is 0 Å². The largest absolute Gasteiger partial charge is 0.293 e. The second-order valence-electron chi connectivity index (χ2n) is 5.17. The lowest BCUT2D eigenvalue weighted by atomic mass is 10.1. The van der Waals surface area contributed by atoms with Gasteiger partial charge in [0.1, 0.15) is 0 Å². The Morgan fingerprint density at radius 3 is 2.48 bits per heavy atom. The molecule has 1 aromatic heterocycles. The van der Waals surface area contributed by atoms with Crippen LogP contribution in [0.25, 0.3) is 0 Å². The number of rotatable bonds is 6. The first-order valence-electron chi connectivity index (χ1n) is 7.10. The van der Waals surface area contributed by atoms with Crippen LogP contribution in [0.5, 0.6) is 0 Å². The standard InChI is InChI=1S/C15H20N4OS/c1-5-12-6-8-13(9-7-12)14(20)11(4)21-15-16-17-18-19(15)10(2)3/h6-11H,5H2,1-4H3. The predicted octanol–water partition coefficient (Wildman–Crippen LogP) is 3.18. The van der Waals surface area contributed by atoms with E-state index in [0.29, 0.717) is 5.16 Å². The number of aromatic nitrogens is 4. The highest BCUT2D eigenvalue weighted by Crippen LogP contribution is 2.25. The van der Waals surface area contributed by atoms with Crippen LogP contribution in [0.1, 0.15) is 49.7 Å². The zero-order chi connectivity index (χ0) is 15.4. The van der Waals surface area contributed by atoms with Gasteiger partial charge in [-0.2, -0.15) is 0 Å². The number of ketones is 1. The second kappa shape index (κ2) is 6.85. The number of nitrogens with zero attached hydrogens (tertiary/aromatic N) is 4. The number of benzene rings is 1. The number of carbonyl (C=O) groups is 1. The van der Waals surface area contributed by atoms with E-state index in [-0.39, 0.29) is 17.1 Å². The first kappa shape index (κ1) is 15.7. The zero-order valence-electron chi connectivity index (χ0n) is 12.8. The Morgan fingerprint density at radius 1 is 1.24 bits per heavy atom. The van der Waals surface area contributed by atoms with Gasteiger partial charge in [-0.15, -0.1) is 5.10 Å². The molecule has 1 unspecified atom stereocenters. The summed E-state index contributed by atoms with van der Waals surface area (Å²) < 4.78 is 1.73. The Bertz CT molecular complexity index is 606. The van der Waals surface area contributed by atoms with Crippen LogP contribution >= 0.6 is 11.8 Å². The van der Waals surface area contributed by atoms with E-state index in [1.54, 1.807) is 4.68 Å². The van der Waals surface area contributed by atoms with E-state index < -0.39 is 0 Å². The molecule has 0 saturated heterocycles. The molecule has 0 N–H and O–H groups in total. The van der Waals surface area contributed by atoms with Gasteiger partial charge >= 0.3 is 0 Å². The third kappa shape index (κ3) is 3.69. The number of Topliss-reactive ketones (excluding diaryl/α,β-unsaturated/α-hetero) is 1. The van der Waals surface area contributed by atoms with Gasteiger partial charge in [0, 0.05) is 5.56 Å². The first-order valence-corrected chi connectivity index (χ1v) is 7.98. The van der Waals surface area contributed by atoms with Gasteiger partial charge in [-0.1, -0.05) is 43.0 Å². The van der Waals surface area contributed by atoms with Crippen LogP contribution in [0.4, 0.5) is 0 Å². The Kier molecular flexibility index (Phi) is 5.12. The minimum atomic E-state index is -0.221. The number of hydrogen-bond donors (Lipinski definition) is 0. The van der Waals surface area contributed by atoms with Gasteiger partial charge in [0.15, 0.2) is 5.78 Å². The van der Waals surface area contributed by atoms with Crippen LogP contribution in [0.2, 0.25) is 0 Å². The summed E-state index contributed by atoms with van der Waals surface area (Å²) >= 11 is 1.40.